The van der Waals surface area contributed by atoms with Gasteiger partial charge < -0.3 is 34.1 Å². The number of ether oxygens (including phenoxy) is 5. The zero-order valence-corrected chi connectivity index (χ0v) is 35.2. The predicted molar refractivity (Wildman–Crippen MR) is 237 cm³/mol. The van der Waals surface area contributed by atoms with Gasteiger partial charge in [-0.05, 0) is 122 Å². The molecule has 4 atom stereocenters. The Bertz CT molecular complexity index is 2410. The number of rotatable bonds is 12. The summed E-state index contributed by atoms with van der Waals surface area (Å²) >= 11 is 11.8. The lowest BCUT2D eigenvalue weighted by Gasteiger charge is -2.25. The van der Waals surface area contributed by atoms with Gasteiger partial charge in [0.1, 0.15) is 41.7 Å². The van der Waals surface area contributed by atoms with Gasteiger partial charge in [-0.15, -0.1) is 0 Å². The van der Waals surface area contributed by atoms with E-state index < -0.39 is 42.6 Å². The largest absolute Gasteiger partial charge is 0.457 e. The van der Waals surface area contributed by atoms with E-state index in [-0.39, 0.29) is 19.3 Å². The molecule has 6 aromatic rings. The number of amides is 3. The molecule has 0 radical (unpaired) electrons. The molecular formula is C48H43Cl2N3O9. The van der Waals surface area contributed by atoms with Crippen molar-refractivity contribution in [3.63, 3.8) is 0 Å². The SMILES string of the molecule is CC(C)NC(=O)OC[C@@H]1OC(=O)N(c2ccc(Oc3ccc(Cl)cc3)cc2)[C@H]1c1ccccc1.O=C1O[C@@H](CO)[C@H](c2ccccc2)N1c1ccc(Oc2ccc(Cl)cc2)cc1. The molecule has 2 aliphatic rings. The second-order valence-corrected chi connectivity index (χ2v) is 15.3. The molecule has 12 nitrogen and oxygen atoms in total. The summed E-state index contributed by atoms with van der Waals surface area (Å²) in [5.74, 6) is 2.56. The number of hydrogen-bond donors (Lipinski definition) is 2. The van der Waals surface area contributed by atoms with E-state index in [9.17, 15) is 19.5 Å². The fraction of sp³-hybridized carbons (Fsp3) is 0.188. The minimum absolute atomic E-state index is 0.0614. The van der Waals surface area contributed by atoms with Crippen molar-refractivity contribution in [3.05, 3.63) is 179 Å². The van der Waals surface area contributed by atoms with Crippen molar-refractivity contribution in [3.8, 4) is 23.0 Å². The number of carbonyl (C=O) groups excluding carboxylic acids is 3. The first-order valence-corrected chi connectivity index (χ1v) is 20.5. The summed E-state index contributed by atoms with van der Waals surface area (Å²) < 4.78 is 28.0. The number of aliphatic hydroxyl groups is 1. The molecule has 2 fully saturated rings. The maximum absolute atomic E-state index is 12.9. The topological polar surface area (TPSA) is 136 Å². The summed E-state index contributed by atoms with van der Waals surface area (Å²) in [7, 11) is 0. The van der Waals surface area contributed by atoms with E-state index in [1.54, 1.807) is 107 Å². The molecule has 2 saturated heterocycles. The molecule has 8 rings (SSSR count). The summed E-state index contributed by atoms with van der Waals surface area (Å²) in [6.07, 6.45) is -2.85. The summed E-state index contributed by atoms with van der Waals surface area (Å²) in [6.45, 7) is 3.36. The van der Waals surface area contributed by atoms with E-state index in [0.29, 0.717) is 44.4 Å². The second-order valence-electron chi connectivity index (χ2n) is 14.5. The van der Waals surface area contributed by atoms with Gasteiger partial charge in [-0.3, -0.25) is 9.80 Å². The van der Waals surface area contributed by atoms with Crippen LogP contribution in [0.1, 0.15) is 37.1 Å². The quantitative estimate of drug-likeness (QED) is 0.115. The first-order chi connectivity index (χ1) is 30.1. The zero-order chi connectivity index (χ0) is 43.6. The fourth-order valence-electron chi connectivity index (χ4n) is 6.95. The molecule has 62 heavy (non-hydrogen) atoms. The zero-order valence-electron chi connectivity index (χ0n) is 33.7. The first kappa shape index (κ1) is 43.4. The number of benzene rings is 6. The van der Waals surface area contributed by atoms with Gasteiger partial charge in [0.05, 0.1) is 6.61 Å². The van der Waals surface area contributed by atoms with Gasteiger partial charge in [-0.2, -0.15) is 0 Å². The number of anilines is 2. The molecule has 0 spiro atoms. The number of nitrogens with zero attached hydrogens (tertiary/aromatic N) is 2. The number of cyclic esters (lactones) is 2. The average Bonchev–Trinajstić information content (AvgIpc) is 3.81. The van der Waals surface area contributed by atoms with Gasteiger partial charge in [-0.1, -0.05) is 83.9 Å². The summed E-state index contributed by atoms with van der Waals surface area (Å²) in [5, 5.41) is 13.6. The Hall–Kier alpha value is -6.73. The monoisotopic (exact) mass is 875 g/mol. The fourth-order valence-corrected chi connectivity index (χ4v) is 7.20. The van der Waals surface area contributed by atoms with Gasteiger partial charge >= 0.3 is 18.3 Å². The Morgan fingerprint density at radius 2 is 0.968 bits per heavy atom. The van der Waals surface area contributed by atoms with E-state index in [4.69, 9.17) is 46.9 Å². The standard InChI is InChI=1S/C26H25ClN2O5.C22H18ClNO4/c1-17(2)28-25(30)32-16-23-24(18-6-4-3-5-7-18)29(26(31)34-23)20-10-14-22(15-11-20)33-21-12-8-19(27)9-13-21;23-16-6-10-18(11-7-16)27-19-12-8-17(9-13-19)24-21(15-4-2-1-3-5-15)20(14-25)28-22(24)26/h3-15,17,23-24H,16H2,1-2H3,(H,28,30);1-13,20-21,25H,14H2/t23-,24-;20-,21-/m00/s1. The molecule has 2 N–H and O–H groups in total. The third-order valence-electron chi connectivity index (χ3n) is 9.73. The highest BCUT2D eigenvalue weighted by Gasteiger charge is 2.45. The van der Waals surface area contributed by atoms with Crippen molar-refractivity contribution < 1.29 is 43.2 Å². The maximum Gasteiger partial charge on any atom is 0.415 e. The Kier molecular flexibility index (Phi) is 14.1. The van der Waals surface area contributed by atoms with Crippen molar-refractivity contribution in [1.29, 1.82) is 0 Å². The van der Waals surface area contributed by atoms with Crippen LogP contribution in [0.4, 0.5) is 25.8 Å². The van der Waals surface area contributed by atoms with Crippen LogP contribution in [-0.2, 0) is 14.2 Å². The van der Waals surface area contributed by atoms with Crippen molar-refractivity contribution in [2.24, 2.45) is 0 Å². The molecule has 2 heterocycles. The summed E-state index contributed by atoms with van der Waals surface area (Å²) in [6, 6.07) is 46.5. The Labute approximate surface area is 369 Å². The van der Waals surface area contributed by atoms with Crippen LogP contribution in [0.5, 0.6) is 23.0 Å². The van der Waals surface area contributed by atoms with Crippen LogP contribution in [0.15, 0.2) is 158 Å². The third-order valence-corrected chi connectivity index (χ3v) is 10.2. The molecule has 6 aromatic carbocycles. The first-order valence-electron chi connectivity index (χ1n) is 19.8. The smallest absolute Gasteiger partial charge is 0.415 e. The number of aliphatic hydroxyl groups excluding tert-OH is 1. The number of hydrogen-bond acceptors (Lipinski definition) is 9. The predicted octanol–water partition coefficient (Wildman–Crippen LogP) is 11.5. The van der Waals surface area contributed by atoms with Crippen LogP contribution in [0.3, 0.4) is 0 Å². The van der Waals surface area contributed by atoms with Crippen LogP contribution < -0.4 is 24.6 Å². The van der Waals surface area contributed by atoms with E-state index in [1.807, 2.05) is 74.5 Å². The number of nitrogens with one attached hydrogen (secondary N) is 1. The van der Waals surface area contributed by atoms with Gasteiger partial charge in [0.25, 0.3) is 0 Å². The number of halogens is 2. The van der Waals surface area contributed by atoms with Gasteiger partial charge in [0.2, 0.25) is 0 Å². The minimum Gasteiger partial charge on any atom is -0.457 e. The molecule has 3 amide bonds. The highest BCUT2D eigenvalue weighted by Crippen LogP contribution is 2.40. The van der Waals surface area contributed by atoms with Gasteiger partial charge in [0, 0.05) is 27.5 Å². The van der Waals surface area contributed by atoms with E-state index in [2.05, 4.69) is 5.32 Å². The lowest BCUT2D eigenvalue weighted by atomic mass is 10.0. The highest BCUT2D eigenvalue weighted by molar-refractivity contribution is 6.30. The molecule has 0 bridgehead atoms. The second kappa shape index (κ2) is 20.2. The van der Waals surface area contributed by atoms with Gasteiger partial charge in [0.15, 0.2) is 12.2 Å². The normalized spacial score (nSPS) is 18.0. The number of alkyl carbamates (subject to hydrolysis) is 1. The third kappa shape index (κ3) is 10.8. The van der Waals surface area contributed by atoms with Gasteiger partial charge in [-0.25, -0.2) is 14.4 Å². The maximum atomic E-state index is 12.9. The van der Waals surface area contributed by atoms with Crippen LogP contribution >= 0.6 is 23.2 Å². The minimum atomic E-state index is -0.669. The Morgan fingerprint density at radius 1 is 0.597 bits per heavy atom. The average molecular weight is 877 g/mol. The molecule has 14 heteroatoms. The molecule has 318 valence electrons. The molecule has 0 aliphatic carbocycles. The molecule has 0 saturated carbocycles. The van der Waals surface area contributed by atoms with E-state index >= 15 is 0 Å². The van der Waals surface area contributed by atoms with Crippen LogP contribution in [0.25, 0.3) is 0 Å². The molecular weight excluding hydrogens is 833 g/mol. The van der Waals surface area contributed by atoms with E-state index in [1.165, 1.54) is 0 Å². The van der Waals surface area contributed by atoms with Crippen LogP contribution in [0, 0.1) is 0 Å². The van der Waals surface area contributed by atoms with Crippen LogP contribution in [-0.4, -0.2) is 54.8 Å². The highest BCUT2D eigenvalue weighted by atomic mass is 35.5. The Morgan fingerprint density at radius 3 is 1.35 bits per heavy atom. The van der Waals surface area contributed by atoms with Crippen molar-refractivity contribution in [1.82, 2.24) is 5.32 Å². The van der Waals surface area contributed by atoms with E-state index in [0.717, 1.165) is 11.1 Å². The molecule has 0 unspecified atom stereocenters. The molecule has 0 aromatic heterocycles. The molecule has 2 aliphatic heterocycles. The van der Waals surface area contributed by atoms with Crippen molar-refractivity contribution in [2.45, 2.75) is 44.2 Å². The summed E-state index contributed by atoms with van der Waals surface area (Å²) in [5.41, 5.74) is 3.07. The lowest BCUT2D eigenvalue weighted by molar-refractivity contribution is 0.0620. The number of carbonyl (C=O) groups is 3. The lowest BCUT2D eigenvalue weighted by Crippen LogP contribution is -2.35. The van der Waals surface area contributed by atoms with Crippen molar-refractivity contribution >= 4 is 52.9 Å². The summed E-state index contributed by atoms with van der Waals surface area (Å²) in [4.78, 5) is 40.5. The van der Waals surface area contributed by atoms with Crippen LogP contribution in [0.2, 0.25) is 10.0 Å². The Balaban J connectivity index is 0.000000190. The van der Waals surface area contributed by atoms with Crippen molar-refractivity contribution in [2.75, 3.05) is 23.0 Å².